The number of thiazole rings is 1. The molecule has 0 bridgehead atoms. The van der Waals surface area contributed by atoms with Crippen LogP contribution in [0.25, 0.3) is 0 Å². The second-order valence-electron chi connectivity index (χ2n) is 4.31. The highest BCUT2D eigenvalue weighted by Gasteiger charge is 2.33. The van der Waals surface area contributed by atoms with Crippen molar-refractivity contribution in [1.29, 1.82) is 0 Å². The van der Waals surface area contributed by atoms with Crippen molar-refractivity contribution in [3.05, 3.63) is 16.1 Å². The molecule has 0 radical (unpaired) electrons. The minimum atomic E-state index is -4.40. The van der Waals surface area contributed by atoms with Crippen LogP contribution in [0.5, 0.6) is 0 Å². The van der Waals surface area contributed by atoms with E-state index in [4.69, 9.17) is 0 Å². The summed E-state index contributed by atoms with van der Waals surface area (Å²) in [5.41, 5.74) is -0.865. The SMILES string of the molecule is O=C(NCCc1nc(C(F)(F)F)cs1)[C@@H]1CCCN1. The molecule has 4 nitrogen and oxygen atoms in total. The van der Waals surface area contributed by atoms with Gasteiger partial charge in [-0.1, -0.05) is 0 Å². The van der Waals surface area contributed by atoms with Gasteiger partial charge in [0.25, 0.3) is 0 Å². The lowest BCUT2D eigenvalue weighted by Crippen LogP contribution is -2.41. The van der Waals surface area contributed by atoms with Crippen molar-refractivity contribution in [2.24, 2.45) is 0 Å². The number of amides is 1. The molecule has 1 atom stereocenters. The predicted octanol–water partition coefficient (Wildman–Crippen LogP) is 1.57. The van der Waals surface area contributed by atoms with Gasteiger partial charge in [0.1, 0.15) is 0 Å². The smallest absolute Gasteiger partial charge is 0.354 e. The zero-order valence-corrected chi connectivity index (χ0v) is 10.9. The Hall–Kier alpha value is -1.15. The van der Waals surface area contributed by atoms with E-state index in [1.165, 1.54) is 0 Å². The van der Waals surface area contributed by atoms with Gasteiger partial charge in [-0.3, -0.25) is 4.79 Å². The second-order valence-corrected chi connectivity index (χ2v) is 5.26. The molecule has 1 aromatic heterocycles. The highest BCUT2D eigenvalue weighted by atomic mass is 32.1. The van der Waals surface area contributed by atoms with E-state index in [0.29, 0.717) is 18.0 Å². The van der Waals surface area contributed by atoms with Crippen molar-refractivity contribution in [2.45, 2.75) is 31.5 Å². The largest absolute Gasteiger partial charge is 0.434 e. The lowest BCUT2D eigenvalue weighted by molar-refractivity contribution is -0.140. The van der Waals surface area contributed by atoms with E-state index in [0.717, 1.165) is 36.1 Å². The van der Waals surface area contributed by atoms with Gasteiger partial charge in [0.2, 0.25) is 5.91 Å². The fourth-order valence-corrected chi connectivity index (χ4v) is 2.69. The molecule has 1 aliphatic rings. The fraction of sp³-hybridized carbons (Fsp3) is 0.636. The summed E-state index contributed by atoms with van der Waals surface area (Å²) in [6.07, 6.45) is -2.30. The maximum absolute atomic E-state index is 12.3. The molecule has 1 amide bonds. The second kappa shape index (κ2) is 5.87. The Morgan fingerprint density at radius 2 is 2.37 bits per heavy atom. The quantitative estimate of drug-likeness (QED) is 0.886. The van der Waals surface area contributed by atoms with Crippen molar-refractivity contribution in [2.75, 3.05) is 13.1 Å². The van der Waals surface area contributed by atoms with Gasteiger partial charge in [-0.05, 0) is 19.4 Å². The maximum atomic E-state index is 12.3. The first kappa shape index (κ1) is 14.3. The number of carbonyl (C=O) groups excluding carboxylic acids is 1. The van der Waals surface area contributed by atoms with Gasteiger partial charge in [-0.15, -0.1) is 11.3 Å². The van der Waals surface area contributed by atoms with Crippen molar-refractivity contribution < 1.29 is 18.0 Å². The summed E-state index contributed by atoms with van der Waals surface area (Å²) in [5, 5.41) is 7.14. The molecule has 0 unspecified atom stereocenters. The van der Waals surface area contributed by atoms with Gasteiger partial charge < -0.3 is 10.6 Å². The molecule has 0 aromatic carbocycles. The first-order valence-electron chi connectivity index (χ1n) is 5.99. The van der Waals surface area contributed by atoms with Crippen LogP contribution in [0.4, 0.5) is 13.2 Å². The Balaban J connectivity index is 1.76. The number of nitrogens with one attached hydrogen (secondary N) is 2. The third-order valence-electron chi connectivity index (χ3n) is 2.86. The number of hydrogen-bond donors (Lipinski definition) is 2. The van der Waals surface area contributed by atoms with E-state index < -0.39 is 11.9 Å². The average molecular weight is 293 g/mol. The van der Waals surface area contributed by atoms with Crippen LogP contribution in [0, 0.1) is 0 Å². The number of nitrogens with zero attached hydrogens (tertiary/aromatic N) is 1. The molecule has 0 spiro atoms. The summed E-state index contributed by atoms with van der Waals surface area (Å²) in [6, 6.07) is -0.165. The van der Waals surface area contributed by atoms with E-state index in [-0.39, 0.29) is 11.9 Å². The van der Waals surface area contributed by atoms with E-state index in [2.05, 4.69) is 15.6 Å². The number of aromatic nitrogens is 1. The van der Waals surface area contributed by atoms with Gasteiger partial charge in [0.15, 0.2) is 5.69 Å². The van der Waals surface area contributed by atoms with Gasteiger partial charge in [-0.2, -0.15) is 13.2 Å². The normalized spacial score (nSPS) is 19.6. The van der Waals surface area contributed by atoms with E-state index in [1.54, 1.807) is 0 Å². The highest BCUT2D eigenvalue weighted by Crippen LogP contribution is 2.29. The Bertz CT molecular complexity index is 441. The zero-order chi connectivity index (χ0) is 13.9. The third kappa shape index (κ3) is 3.90. The van der Waals surface area contributed by atoms with Crippen LogP contribution in [0.3, 0.4) is 0 Å². The van der Waals surface area contributed by atoms with Crippen molar-refractivity contribution in [1.82, 2.24) is 15.6 Å². The molecular weight excluding hydrogens is 279 g/mol. The summed E-state index contributed by atoms with van der Waals surface area (Å²) in [6.45, 7) is 1.14. The van der Waals surface area contributed by atoms with Crippen LogP contribution in [-0.2, 0) is 17.4 Å². The Morgan fingerprint density at radius 3 is 2.95 bits per heavy atom. The molecule has 1 saturated heterocycles. The first-order valence-corrected chi connectivity index (χ1v) is 6.87. The molecular formula is C11H14F3N3OS. The predicted molar refractivity (Wildman–Crippen MR) is 64.9 cm³/mol. The number of rotatable bonds is 4. The fourth-order valence-electron chi connectivity index (χ4n) is 1.88. The van der Waals surface area contributed by atoms with Crippen LogP contribution < -0.4 is 10.6 Å². The average Bonchev–Trinajstić information content (AvgIpc) is 2.99. The molecule has 0 saturated carbocycles. The van der Waals surface area contributed by atoms with Crippen LogP contribution >= 0.6 is 11.3 Å². The molecule has 1 aliphatic heterocycles. The topological polar surface area (TPSA) is 54.0 Å². The van der Waals surface area contributed by atoms with Crippen LogP contribution in [0.1, 0.15) is 23.5 Å². The summed E-state index contributed by atoms with van der Waals surface area (Å²) in [4.78, 5) is 15.1. The van der Waals surface area contributed by atoms with E-state index in [9.17, 15) is 18.0 Å². The first-order chi connectivity index (χ1) is 8.97. The van der Waals surface area contributed by atoms with Gasteiger partial charge in [-0.25, -0.2) is 4.98 Å². The van der Waals surface area contributed by atoms with Crippen molar-refractivity contribution in [3.8, 4) is 0 Å². The Morgan fingerprint density at radius 1 is 1.58 bits per heavy atom. The Labute approximate surface area is 112 Å². The standard InChI is InChI=1S/C11H14F3N3OS/c12-11(13,14)8-6-19-9(17-8)3-5-16-10(18)7-2-1-4-15-7/h6-7,15H,1-5H2,(H,16,18)/t7-/m0/s1. The molecule has 2 N–H and O–H groups in total. The summed E-state index contributed by atoms with van der Waals surface area (Å²) < 4.78 is 37.0. The Kier molecular flexibility index (Phi) is 4.41. The van der Waals surface area contributed by atoms with Crippen molar-refractivity contribution in [3.63, 3.8) is 0 Å². The van der Waals surface area contributed by atoms with Gasteiger partial charge in [0.05, 0.1) is 11.0 Å². The highest BCUT2D eigenvalue weighted by molar-refractivity contribution is 7.09. The van der Waals surface area contributed by atoms with Gasteiger partial charge >= 0.3 is 6.18 Å². The maximum Gasteiger partial charge on any atom is 0.434 e. The van der Waals surface area contributed by atoms with E-state index >= 15 is 0 Å². The zero-order valence-electron chi connectivity index (χ0n) is 10.1. The monoisotopic (exact) mass is 293 g/mol. The molecule has 2 rings (SSSR count). The van der Waals surface area contributed by atoms with Gasteiger partial charge in [0, 0.05) is 18.3 Å². The lowest BCUT2D eigenvalue weighted by atomic mass is 10.2. The van der Waals surface area contributed by atoms with E-state index in [1.807, 2.05) is 0 Å². The molecule has 0 aliphatic carbocycles. The van der Waals surface area contributed by atoms with Crippen LogP contribution in [-0.4, -0.2) is 30.0 Å². The number of alkyl halides is 3. The molecule has 106 valence electrons. The number of hydrogen-bond acceptors (Lipinski definition) is 4. The number of carbonyl (C=O) groups is 1. The summed E-state index contributed by atoms with van der Waals surface area (Å²) in [5.74, 6) is -0.0925. The lowest BCUT2D eigenvalue weighted by Gasteiger charge is -2.10. The summed E-state index contributed by atoms with van der Waals surface area (Å²) >= 11 is 0.962. The molecule has 19 heavy (non-hydrogen) atoms. The van der Waals surface area contributed by atoms with Crippen LogP contribution in [0.2, 0.25) is 0 Å². The minimum absolute atomic E-state index is 0.0925. The van der Waals surface area contributed by atoms with Crippen molar-refractivity contribution >= 4 is 17.2 Å². The van der Waals surface area contributed by atoms with Crippen LogP contribution in [0.15, 0.2) is 5.38 Å². The molecule has 1 fully saturated rings. The molecule has 2 heterocycles. The molecule has 8 heteroatoms. The summed E-state index contributed by atoms with van der Waals surface area (Å²) in [7, 11) is 0. The third-order valence-corrected chi connectivity index (χ3v) is 3.77. The molecule has 1 aromatic rings. The number of halogens is 3. The minimum Gasteiger partial charge on any atom is -0.354 e.